The van der Waals surface area contributed by atoms with Crippen molar-refractivity contribution in [3.8, 4) is 11.3 Å². The number of likely N-dealkylation sites (tertiary alicyclic amines) is 1. The van der Waals surface area contributed by atoms with E-state index < -0.39 is 0 Å². The molecule has 2 fully saturated rings. The molecule has 0 aliphatic carbocycles. The molecule has 8 heteroatoms. The van der Waals surface area contributed by atoms with Crippen molar-refractivity contribution >= 4 is 28.9 Å². The largest absolute Gasteiger partial charge is 0.378 e. The summed E-state index contributed by atoms with van der Waals surface area (Å²) in [5.41, 5.74) is 4.75. The first-order valence-corrected chi connectivity index (χ1v) is 11.3. The number of nitrogens with zero attached hydrogens (tertiary/aromatic N) is 5. The molecular formula is C24H28N6O2. The lowest BCUT2D eigenvalue weighted by Crippen LogP contribution is -2.36. The van der Waals surface area contributed by atoms with Gasteiger partial charge in [0.05, 0.1) is 24.4 Å². The lowest BCUT2D eigenvalue weighted by molar-refractivity contribution is -0.119. The van der Waals surface area contributed by atoms with Crippen LogP contribution in [0.1, 0.15) is 12.8 Å². The molecule has 2 aliphatic rings. The second-order valence-corrected chi connectivity index (χ2v) is 8.39. The third-order valence-corrected chi connectivity index (χ3v) is 6.35. The van der Waals surface area contributed by atoms with Crippen LogP contribution in [-0.4, -0.2) is 72.2 Å². The Morgan fingerprint density at radius 2 is 1.78 bits per heavy atom. The molecule has 1 aromatic carbocycles. The van der Waals surface area contributed by atoms with Crippen LogP contribution in [0.25, 0.3) is 22.3 Å². The molecule has 0 radical (unpaired) electrons. The van der Waals surface area contributed by atoms with Crippen LogP contribution >= 0.6 is 0 Å². The quantitative estimate of drug-likeness (QED) is 0.600. The minimum absolute atomic E-state index is 0.510. The molecule has 3 aromatic rings. The summed E-state index contributed by atoms with van der Waals surface area (Å²) < 4.78 is 5.46. The van der Waals surface area contributed by atoms with Crippen LogP contribution in [0.5, 0.6) is 0 Å². The summed E-state index contributed by atoms with van der Waals surface area (Å²) in [6.07, 6.45) is 6.36. The predicted molar refractivity (Wildman–Crippen MR) is 125 cm³/mol. The van der Waals surface area contributed by atoms with Crippen molar-refractivity contribution in [3.05, 3.63) is 42.7 Å². The van der Waals surface area contributed by atoms with E-state index in [0.29, 0.717) is 5.92 Å². The lowest BCUT2D eigenvalue weighted by Gasteiger charge is -2.29. The molecule has 32 heavy (non-hydrogen) atoms. The number of hydrogen-bond donors (Lipinski definition) is 1. The van der Waals surface area contributed by atoms with Crippen LogP contribution in [0.4, 0.5) is 11.5 Å². The molecule has 2 aromatic heterocycles. The van der Waals surface area contributed by atoms with Crippen molar-refractivity contribution in [3.63, 3.8) is 0 Å². The Balaban J connectivity index is 1.36. The SMILES string of the molecule is O=CN1CCC(CNc2nc(-c3ccc(N4CCOCC4)cc3)cc3nccnc23)CC1. The molecule has 166 valence electrons. The van der Waals surface area contributed by atoms with Crippen molar-refractivity contribution in [2.24, 2.45) is 5.92 Å². The highest BCUT2D eigenvalue weighted by Gasteiger charge is 2.19. The fourth-order valence-corrected chi connectivity index (χ4v) is 4.41. The summed E-state index contributed by atoms with van der Waals surface area (Å²) in [5.74, 6) is 1.27. The molecule has 1 N–H and O–H groups in total. The van der Waals surface area contributed by atoms with Crippen LogP contribution in [0.2, 0.25) is 0 Å². The third-order valence-electron chi connectivity index (χ3n) is 6.35. The van der Waals surface area contributed by atoms with E-state index in [1.807, 2.05) is 11.0 Å². The van der Waals surface area contributed by atoms with E-state index >= 15 is 0 Å². The van der Waals surface area contributed by atoms with Gasteiger partial charge in [-0.25, -0.2) is 9.97 Å². The van der Waals surface area contributed by atoms with Gasteiger partial charge in [-0.15, -0.1) is 0 Å². The summed E-state index contributed by atoms with van der Waals surface area (Å²) in [6.45, 7) is 5.83. The number of piperidine rings is 1. The Morgan fingerprint density at radius 3 is 2.53 bits per heavy atom. The van der Waals surface area contributed by atoms with Crippen molar-refractivity contribution in [1.82, 2.24) is 19.9 Å². The first kappa shape index (κ1) is 20.6. The van der Waals surface area contributed by atoms with Gasteiger partial charge >= 0.3 is 0 Å². The Morgan fingerprint density at radius 1 is 1.03 bits per heavy atom. The van der Waals surface area contributed by atoms with E-state index in [9.17, 15) is 4.79 Å². The Kier molecular flexibility index (Phi) is 6.11. The van der Waals surface area contributed by atoms with Gasteiger partial charge in [0.1, 0.15) is 5.52 Å². The number of nitrogens with one attached hydrogen (secondary N) is 1. The molecule has 4 heterocycles. The summed E-state index contributed by atoms with van der Waals surface area (Å²) in [5, 5.41) is 3.52. The number of ether oxygens (including phenoxy) is 1. The minimum Gasteiger partial charge on any atom is -0.378 e. The van der Waals surface area contributed by atoms with E-state index in [0.717, 1.165) is 93.3 Å². The van der Waals surface area contributed by atoms with Crippen molar-refractivity contribution in [2.45, 2.75) is 12.8 Å². The van der Waals surface area contributed by atoms with Crippen molar-refractivity contribution in [2.75, 3.05) is 56.2 Å². The number of aromatic nitrogens is 3. The first-order valence-electron chi connectivity index (χ1n) is 11.3. The summed E-state index contributed by atoms with van der Waals surface area (Å²) in [6, 6.07) is 10.5. The second kappa shape index (κ2) is 9.48. The molecule has 0 spiro atoms. The van der Waals surface area contributed by atoms with Gasteiger partial charge in [-0.1, -0.05) is 12.1 Å². The first-order chi connectivity index (χ1) is 15.8. The average Bonchev–Trinajstić information content (AvgIpc) is 2.88. The summed E-state index contributed by atoms with van der Waals surface area (Å²) in [7, 11) is 0. The highest BCUT2D eigenvalue weighted by Crippen LogP contribution is 2.28. The number of carbonyl (C=O) groups excluding carboxylic acids is 1. The normalized spacial score (nSPS) is 17.5. The van der Waals surface area contributed by atoms with Gasteiger partial charge in [0, 0.05) is 56.4 Å². The molecular weight excluding hydrogens is 404 g/mol. The minimum atomic E-state index is 0.510. The highest BCUT2D eigenvalue weighted by atomic mass is 16.5. The maximum atomic E-state index is 11.0. The number of hydrogen-bond acceptors (Lipinski definition) is 7. The van der Waals surface area contributed by atoms with Gasteiger partial charge in [0.2, 0.25) is 6.41 Å². The lowest BCUT2D eigenvalue weighted by atomic mass is 9.97. The van der Waals surface area contributed by atoms with Crippen molar-refractivity contribution in [1.29, 1.82) is 0 Å². The van der Waals surface area contributed by atoms with Gasteiger partial charge in [-0.3, -0.25) is 9.78 Å². The maximum absolute atomic E-state index is 11.0. The molecule has 5 rings (SSSR count). The molecule has 0 bridgehead atoms. The van der Waals surface area contributed by atoms with Gasteiger partial charge in [0.15, 0.2) is 5.82 Å². The third kappa shape index (κ3) is 4.50. The number of benzene rings is 1. The van der Waals surface area contributed by atoms with Crippen LogP contribution < -0.4 is 10.2 Å². The average molecular weight is 433 g/mol. The van der Waals surface area contributed by atoms with Crippen molar-refractivity contribution < 1.29 is 9.53 Å². The van der Waals surface area contributed by atoms with Crippen LogP contribution in [-0.2, 0) is 9.53 Å². The topological polar surface area (TPSA) is 83.5 Å². The van der Waals surface area contributed by atoms with E-state index in [4.69, 9.17) is 9.72 Å². The molecule has 1 amide bonds. The molecule has 2 aliphatic heterocycles. The fraction of sp³-hybridized carbons (Fsp3) is 0.417. The van der Waals surface area contributed by atoms with E-state index in [-0.39, 0.29) is 0 Å². The number of morpholine rings is 1. The molecule has 0 saturated carbocycles. The number of pyridine rings is 1. The van der Waals surface area contributed by atoms with Crippen LogP contribution in [0.3, 0.4) is 0 Å². The predicted octanol–water partition coefficient (Wildman–Crippen LogP) is 2.81. The number of anilines is 2. The van der Waals surface area contributed by atoms with Gasteiger partial charge < -0.3 is 19.9 Å². The van der Waals surface area contributed by atoms with Gasteiger partial charge in [-0.2, -0.15) is 0 Å². The molecule has 0 atom stereocenters. The smallest absolute Gasteiger partial charge is 0.209 e. The summed E-state index contributed by atoms with van der Waals surface area (Å²) in [4.78, 5) is 29.1. The van der Waals surface area contributed by atoms with E-state index in [1.165, 1.54) is 5.69 Å². The fourth-order valence-electron chi connectivity index (χ4n) is 4.41. The zero-order chi connectivity index (χ0) is 21.8. The molecule has 8 nitrogen and oxygen atoms in total. The van der Waals surface area contributed by atoms with E-state index in [2.05, 4.69) is 44.5 Å². The number of rotatable bonds is 6. The monoisotopic (exact) mass is 432 g/mol. The van der Waals surface area contributed by atoms with Crippen LogP contribution in [0.15, 0.2) is 42.7 Å². The zero-order valence-corrected chi connectivity index (χ0v) is 18.1. The molecule has 0 unspecified atom stereocenters. The Bertz CT molecular complexity index is 1060. The Hall–Kier alpha value is -3.26. The Labute approximate surface area is 187 Å². The van der Waals surface area contributed by atoms with Gasteiger partial charge in [0.25, 0.3) is 0 Å². The zero-order valence-electron chi connectivity index (χ0n) is 18.1. The van der Waals surface area contributed by atoms with E-state index in [1.54, 1.807) is 12.4 Å². The second-order valence-electron chi connectivity index (χ2n) is 8.39. The number of carbonyl (C=O) groups is 1. The van der Waals surface area contributed by atoms with Crippen LogP contribution in [0, 0.1) is 5.92 Å². The standard InChI is InChI=1S/C24H28N6O2/c31-17-29-9-5-18(6-10-29)16-27-24-23-22(25-7-8-26-23)15-21(28-24)19-1-3-20(4-2-19)30-11-13-32-14-12-30/h1-4,7-8,15,17-18H,5-6,9-14,16H2,(H,27,28). The summed E-state index contributed by atoms with van der Waals surface area (Å²) >= 11 is 0. The maximum Gasteiger partial charge on any atom is 0.209 e. The number of amides is 1. The highest BCUT2D eigenvalue weighted by molar-refractivity contribution is 5.88. The molecule has 2 saturated heterocycles. The van der Waals surface area contributed by atoms with Gasteiger partial charge in [-0.05, 0) is 37.0 Å². The number of fused-ring (bicyclic) bond motifs is 1.